The normalized spacial score (nSPS) is 12.9. The molecule has 0 bridgehead atoms. The first-order chi connectivity index (χ1) is 10.5. The molecule has 7 heteroatoms. The van der Waals surface area contributed by atoms with Crippen molar-refractivity contribution in [3.63, 3.8) is 0 Å². The molecular weight excluding hydrogens is 288 g/mol. The number of ether oxygens (including phenoxy) is 1. The van der Waals surface area contributed by atoms with Crippen LogP contribution in [0.25, 0.3) is 0 Å². The van der Waals surface area contributed by atoms with Gasteiger partial charge in [-0.1, -0.05) is 30.3 Å². The Kier molecular flexibility index (Phi) is 7.04. The van der Waals surface area contributed by atoms with Crippen LogP contribution in [0.5, 0.6) is 0 Å². The van der Waals surface area contributed by atoms with Gasteiger partial charge in [0.25, 0.3) is 0 Å². The molecule has 2 amide bonds. The summed E-state index contributed by atoms with van der Waals surface area (Å²) in [5.41, 5.74) is 0.770. The molecule has 0 radical (unpaired) electrons. The number of hydrogen-bond acceptors (Lipinski definition) is 5. The van der Waals surface area contributed by atoms with Crippen LogP contribution in [0.15, 0.2) is 30.3 Å². The van der Waals surface area contributed by atoms with Crippen molar-refractivity contribution in [3.8, 4) is 0 Å². The molecule has 0 aliphatic heterocycles. The fourth-order valence-corrected chi connectivity index (χ4v) is 1.94. The van der Waals surface area contributed by atoms with Crippen LogP contribution < -0.4 is 10.6 Å². The molecule has 1 aromatic carbocycles. The van der Waals surface area contributed by atoms with Gasteiger partial charge in [-0.25, -0.2) is 4.79 Å². The zero-order chi connectivity index (χ0) is 16.5. The van der Waals surface area contributed by atoms with Crippen molar-refractivity contribution < 1.29 is 24.2 Å². The quantitative estimate of drug-likeness (QED) is 0.610. The third-order valence-electron chi connectivity index (χ3n) is 2.97. The Bertz CT molecular complexity index is 518. The third-order valence-corrected chi connectivity index (χ3v) is 2.97. The molecule has 3 N–H and O–H groups in total. The van der Waals surface area contributed by atoms with Crippen LogP contribution in [0.4, 0.5) is 0 Å². The van der Waals surface area contributed by atoms with Crippen LogP contribution in [0.2, 0.25) is 0 Å². The van der Waals surface area contributed by atoms with Crippen LogP contribution in [0.1, 0.15) is 24.9 Å². The van der Waals surface area contributed by atoms with Gasteiger partial charge in [0.05, 0.1) is 26.2 Å². The number of aliphatic hydroxyl groups is 1. The monoisotopic (exact) mass is 308 g/mol. The fourth-order valence-electron chi connectivity index (χ4n) is 1.94. The van der Waals surface area contributed by atoms with E-state index in [4.69, 9.17) is 5.11 Å². The molecule has 120 valence electrons. The molecule has 0 aliphatic carbocycles. The standard InChI is InChI=1S/C15H20N2O5/c1-10(19)16-12(11-6-4-3-5-7-11)8-14(20)17-13(9-18)15(21)22-2/h3-7,12-13,18H,8-9H2,1-2H3,(H,16,19)(H,17,20)/t12-,13-/m0/s1. The summed E-state index contributed by atoms with van der Waals surface area (Å²) < 4.78 is 4.47. The van der Waals surface area contributed by atoms with E-state index in [-0.39, 0.29) is 12.3 Å². The van der Waals surface area contributed by atoms with Gasteiger partial charge in [0.2, 0.25) is 11.8 Å². The van der Waals surface area contributed by atoms with Crippen molar-refractivity contribution >= 4 is 17.8 Å². The second-order valence-corrected chi connectivity index (χ2v) is 4.69. The van der Waals surface area contributed by atoms with Gasteiger partial charge in [0.15, 0.2) is 6.04 Å². The van der Waals surface area contributed by atoms with Crippen molar-refractivity contribution in [2.75, 3.05) is 13.7 Å². The van der Waals surface area contributed by atoms with Crippen LogP contribution in [0.3, 0.4) is 0 Å². The number of benzene rings is 1. The van der Waals surface area contributed by atoms with Crippen LogP contribution >= 0.6 is 0 Å². The number of rotatable bonds is 7. The fraction of sp³-hybridized carbons (Fsp3) is 0.400. The number of carbonyl (C=O) groups is 3. The molecule has 7 nitrogen and oxygen atoms in total. The summed E-state index contributed by atoms with van der Waals surface area (Å²) in [5.74, 6) is -1.48. The van der Waals surface area contributed by atoms with Gasteiger partial charge < -0.3 is 20.5 Å². The number of esters is 1. The predicted octanol–water partition coefficient (Wildman–Crippen LogP) is -0.0960. The molecule has 0 saturated carbocycles. The second kappa shape index (κ2) is 8.78. The summed E-state index contributed by atoms with van der Waals surface area (Å²) in [7, 11) is 1.17. The van der Waals surface area contributed by atoms with Crippen LogP contribution in [0, 0.1) is 0 Å². The summed E-state index contributed by atoms with van der Waals surface area (Å²) >= 11 is 0. The first-order valence-corrected chi connectivity index (χ1v) is 6.78. The van der Waals surface area contributed by atoms with E-state index in [1.54, 1.807) is 24.3 Å². The first-order valence-electron chi connectivity index (χ1n) is 6.78. The van der Waals surface area contributed by atoms with Crippen LogP contribution in [-0.2, 0) is 19.1 Å². The SMILES string of the molecule is COC(=O)[C@H](CO)NC(=O)C[C@H](NC(C)=O)c1ccccc1. The number of methoxy groups -OCH3 is 1. The molecule has 22 heavy (non-hydrogen) atoms. The van der Waals surface area contributed by atoms with E-state index in [1.807, 2.05) is 6.07 Å². The minimum absolute atomic E-state index is 0.0584. The summed E-state index contributed by atoms with van der Waals surface area (Å²) in [5, 5.41) is 14.1. The van der Waals surface area contributed by atoms with E-state index in [0.717, 1.165) is 5.56 Å². The zero-order valence-corrected chi connectivity index (χ0v) is 12.5. The lowest BCUT2D eigenvalue weighted by Crippen LogP contribution is -2.45. The van der Waals surface area contributed by atoms with Gasteiger partial charge in [-0.3, -0.25) is 9.59 Å². The van der Waals surface area contributed by atoms with Gasteiger partial charge in [0.1, 0.15) is 0 Å². The van der Waals surface area contributed by atoms with E-state index >= 15 is 0 Å². The van der Waals surface area contributed by atoms with Crippen molar-refractivity contribution in [2.45, 2.75) is 25.4 Å². The molecule has 1 aromatic rings. The number of carbonyl (C=O) groups excluding carboxylic acids is 3. The first kappa shape index (κ1) is 17.6. The number of hydrogen-bond donors (Lipinski definition) is 3. The molecule has 2 atom stereocenters. The Balaban J connectivity index is 2.75. The zero-order valence-electron chi connectivity index (χ0n) is 12.5. The number of aliphatic hydroxyl groups excluding tert-OH is 1. The molecule has 0 unspecified atom stereocenters. The van der Waals surface area contributed by atoms with Gasteiger partial charge in [-0.15, -0.1) is 0 Å². The summed E-state index contributed by atoms with van der Waals surface area (Å²) in [6, 6.07) is 7.37. The molecule has 0 spiro atoms. The highest BCUT2D eigenvalue weighted by molar-refractivity contribution is 5.85. The Morgan fingerprint density at radius 2 is 1.82 bits per heavy atom. The maximum atomic E-state index is 12.0. The summed E-state index contributed by atoms with van der Waals surface area (Å²) in [4.78, 5) is 34.6. The average molecular weight is 308 g/mol. The Morgan fingerprint density at radius 3 is 2.32 bits per heavy atom. The Labute approximate surface area is 128 Å². The van der Waals surface area contributed by atoms with E-state index in [2.05, 4.69) is 15.4 Å². The maximum Gasteiger partial charge on any atom is 0.330 e. The summed E-state index contributed by atoms with van der Waals surface area (Å²) in [6.45, 7) is 0.799. The summed E-state index contributed by atoms with van der Waals surface area (Å²) in [6.07, 6.45) is -0.0584. The van der Waals surface area contributed by atoms with E-state index < -0.39 is 30.6 Å². The Hall–Kier alpha value is -2.41. The highest BCUT2D eigenvalue weighted by Crippen LogP contribution is 2.16. The lowest BCUT2D eigenvalue weighted by Gasteiger charge is -2.20. The van der Waals surface area contributed by atoms with Crippen molar-refractivity contribution in [1.29, 1.82) is 0 Å². The van der Waals surface area contributed by atoms with Crippen molar-refractivity contribution in [2.24, 2.45) is 0 Å². The molecular formula is C15H20N2O5. The van der Waals surface area contributed by atoms with Crippen molar-refractivity contribution in [3.05, 3.63) is 35.9 Å². The van der Waals surface area contributed by atoms with E-state index in [9.17, 15) is 14.4 Å². The molecule has 0 saturated heterocycles. The van der Waals surface area contributed by atoms with Crippen molar-refractivity contribution in [1.82, 2.24) is 10.6 Å². The van der Waals surface area contributed by atoms with Gasteiger partial charge in [-0.05, 0) is 5.56 Å². The van der Waals surface area contributed by atoms with Gasteiger partial charge >= 0.3 is 5.97 Å². The lowest BCUT2D eigenvalue weighted by atomic mass is 10.0. The number of amides is 2. The molecule has 0 aromatic heterocycles. The highest BCUT2D eigenvalue weighted by Gasteiger charge is 2.23. The lowest BCUT2D eigenvalue weighted by molar-refractivity contribution is -0.146. The van der Waals surface area contributed by atoms with Gasteiger partial charge in [-0.2, -0.15) is 0 Å². The molecule has 0 aliphatic rings. The third kappa shape index (κ3) is 5.53. The topological polar surface area (TPSA) is 105 Å². The van der Waals surface area contributed by atoms with E-state index in [1.165, 1.54) is 14.0 Å². The Morgan fingerprint density at radius 1 is 1.18 bits per heavy atom. The molecule has 0 heterocycles. The van der Waals surface area contributed by atoms with Crippen LogP contribution in [-0.4, -0.2) is 42.6 Å². The molecule has 1 rings (SSSR count). The van der Waals surface area contributed by atoms with E-state index in [0.29, 0.717) is 0 Å². The average Bonchev–Trinajstić information content (AvgIpc) is 2.51. The maximum absolute atomic E-state index is 12.0. The minimum Gasteiger partial charge on any atom is -0.467 e. The molecule has 0 fully saturated rings. The predicted molar refractivity (Wildman–Crippen MR) is 78.6 cm³/mol. The number of nitrogens with one attached hydrogen (secondary N) is 2. The highest BCUT2D eigenvalue weighted by atomic mass is 16.5. The largest absolute Gasteiger partial charge is 0.467 e. The second-order valence-electron chi connectivity index (χ2n) is 4.69. The van der Waals surface area contributed by atoms with Gasteiger partial charge in [0, 0.05) is 6.92 Å². The smallest absolute Gasteiger partial charge is 0.330 e. The minimum atomic E-state index is -1.12.